The fraction of sp³-hybridized carbons (Fsp3) is 0.889. The Morgan fingerprint density at radius 3 is 2.57 bits per heavy atom. The molecule has 5 heteroatoms. The summed E-state index contributed by atoms with van der Waals surface area (Å²) in [6.45, 7) is 5.07. The Labute approximate surface area is 91.3 Å². The summed E-state index contributed by atoms with van der Waals surface area (Å²) in [7, 11) is 3.37. The second kappa shape index (κ2) is 9.18. The van der Waals surface area contributed by atoms with Crippen LogP contribution >= 0.6 is 12.2 Å². The molecule has 0 aromatic carbocycles. The SMILES string of the molecule is COCCNC(=S)NCC(C)COC. The molecule has 0 aromatic rings. The quantitative estimate of drug-likeness (QED) is 0.479. The van der Waals surface area contributed by atoms with Crippen molar-refractivity contribution in [1.82, 2.24) is 10.6 Å². The maximum atomic E-state index is 5.05. The lowest BCUT2D eigenvalue weighted by Gasteiger charge is -2.14. The Morgan fingerprint density at radius 1 is 1.29 bits per heavy atom. The lowest BCUT2D eigenvalue weighted by molar-refractivity contribution is 0.160. The van der Waals surface area contributed by atoms with Crippen LogP contribution in [-0.2, 0) is 9.47 Å². The molecular weight excluding hydrogens is 200 g/mol. The lowest BCUT2D eigenvalue weighted by atomic mass is 10.2. The largest absolute Gasteiger partial charge is 0.384 e. The molecule has 0 aliphatic rings. The van der Waals surface area contributed by atoms with Crippen LogP contribution in [0.15, 0.2) is 0 Å². The number of nitrogens with one attached hydrogen (secondary N) is 2. The minimum absolute atomic E-state index is 0.460. The van der Waals surface area contributed by atoms with E-state index in [2.05, 4.69) is 17.6 Å². The van der Waals surface area contributed by atoms with Crippen LogP contribution < -0.4 is 10.6 Å². The molecule has 0 heterocycles. The Morgan fingerprint density at radius 2 is 2.00 bits per heavy atom. The summed E-state index contributed by atoms with van der Waals surface area (Å²) in [6, 6.07) is 0. The van der Waals surface area contributed by atoms with E-state index in [1.54, 1.807) is 14.2 Å². The van der Waals surface area contributed by atoms with Crippen LogP contribution in [0.2, 0.25) is 0 Å². The highest BCUT2D eigenvalue weighted by Gasteiger charge is 2.01. The van der Waals surface area contributed by atoms with Crippen molar-refractivity contribution >= 4 is 17.3 Å². The van der Waals surface area contributed by atoms with Crippen molar-refractivity contribution in [3.63, 3.8) is 0 Å². The van der Waals surface area contributed by atoms with Crippen LogP contribution in [0.4, 0.5) is 0 Å². The summed E-state index contributed by atoms with van der Waals surface area (Å²) in [5.41, 5.74) is 0. The summed E-state index contributed by atoms with van der Waals surface area (Å²) in [6.07, 6.45) is 0. The Balaban J connectivity index is 3.34. The molecule has 0 aromatic heterocycles. The minimum atomic E-state index is 0.460. The number of ether oxygens (including phenoxy) is 2. The van der Waals surface area contributed by atoms with Gasteiger partial charge in [0.2, 0.25) is 0 Å². The van der Waals surface area contributed by atoms with Crippen molar-refractivity contribution in [1.29, 1.82) is 0 Å². The molecule has 0 bridgehead atoms. The first-order valence-corrected chi connectivity index (χ1v) is 5.11. The van der Waals surface area contributed by atoms with E-state index in [1.807, 2.05) is 0 Å². The van der Waals surface area contributed by atoms with E-state index in [1.165, 1.54) is 0 Å². The first-order chi connectivity index (χ1) is 6.70. The number of hydrogen-bond acceptors (Lipinski definition) is 3. The molecule has 0 aliphatic carbocycles. The zero-order valence-electron chi connectivity index (χ0n) is 9.13. The van der Waals surface area contributed by atoms with Crippen LogP contribution in [0.3, 0.4) is 0 Å². The molecule has 4 nitrogen and oxygen atoms in total. The predicted octanol–water partition coefficient (Wildman–Crippen LogP) is 0.379. The van der Waals surface area contributed by atoms with Gasteiger partial charge in [0.05, 0.1) is 13.2 Å². The van der Waals surface area contributed by atoms with Gasteiger partial charge in [0.1, 0.15) is 0 Å². The average Bonchev–Trinajstić information content (AvgIpc) is 2.16. The van der Waals surface area contributed by atoms with Gasteiger partial charge in [0.25, 0.3) is 0 Å². The summed E-state index contributed by atoms with van der Waals surface area (Å²) in [5.74, 6) is 0.460. The fourth-order valence-corrected chi connectivity index (χ4v) is 1.12. The lowest BCUT2D eigenvalue weighted by Crippen LogP contribution is -2.39. The van der Waals surface area contributed by atoms with Crippen LogP contribution in [0.1, 0.15) is 6.92 Å². The molecule has 0 radical (unpaired) electrons. The van der Waals surface area contributed by atoms with Crippen molar-refractivity contribution in [3.05, 3.63) is 0 Å². The van der Waals surface area contributed by atoms with E-state index in [9.17, 15) is 0 Å². The number of methoxy groups -OCH3 is 2. The topological polar surface area (TPSA) is 42.5 Å². The number of thiocarbonyl (C=S) groups is 1. The molecule has 0 amide bonds. The monoisotopic (exact) mass is 220 g/mol. The van der Waals surface area contributed by atoms with E-state index in [-0.39, 0.29) is 0 Å². The summed E-state index contributed by atoms with van der Waals surface area (Å²) in [4.78, 5) is 0. The van der Waals surface area contributed by atoms with Crippen molar-refractivity contribution in [2.45, 2.75) is 6.92 Å². The van der Waals surface area contributed by atoms with Gasteiger partial charge in [0, 0.05) is 27.3 Å². The third kappa shape index (κ3) is 8.22. The van der Waals surface area contributed by atoms with Gasteiger partial charge in [-0.15, -0.1) is 0 Å². The highest BCUT2D eigenvalue weighted by atomic mass is 32.1. The van der Waals surface area contributed by atoms with Gasteiger partial charge in [-0.3, -0.25) is 0 Å². The van der Waals surface area contributed by atoms with E-state index in [0.717, 1.165) is 19.7 Å². The fourth-order valence-electron chi connectivity index (χ4n) is 0.939. The summed E-state index contributed by atoms with van der Waals surface area (Å²) in [5, 5.41) is 6.82. The average molecular weight is 220 g/mol. The summed E-state index contributed by atoms with van der Waals surface area (Å²) >= 11 is 5.05. The van der Waals surface area contributed by atoms with Crippen LogP contribution in [0.25, 0.3) is 0 Å². The molecule has 0 fully saturated rings. The van der Waals surface area contributed by atoms with E-state index < -0.39 is 0 Å². The van der Waals surface area contributed by atoms with Crippen molar-refractivity contribution < 1.29 is 9.47 Å². The number of rotatable bonds is 7. The maximum Gasteiger partial charge on any atom is 0.166 e. The molecule has 0 aliphatic heterocycles. The standard InChI is InChI=1S/C9H20N2O2S/c1-8(7-13-3)6-11-9(14)10-4-5-12-2/h8H,4-7H2,1-3H3,(H2,10,11,14). The molecule has 2 N–H and O–H groups in total. The van der Waals surface area contributed by atoms with E-state index in [4.69, 9.17) is 21.7 Å². The molecular formula is C9H20N2O2S. The molecule has 1 atom stereocenters. The van der Waals surface area contributed by atoms with Gasteiger partial charge in [-0.25, -0.2) is 0 Å². The second-order valence-corrected chi connectivity index (χ2v) is 3.60. The molecule has 0 spiro atoms. The number of hydrogen-bond donors (Lipinski definition) is 2. The highest BCUT2D eigenvalue weighted by Crippen LogP contribution is 1.91. The zero-order valence-corrected chi connectivity index (χ0v) is 9.95. The molecule has 0 saturated heterocycles. The van der Waals surface area contributed by atoms with Crippen molar-refractivity contribution in [3.8, 4) is 0 Å². The van der Waals surface area contributed by atoms with Crippen molar-refractivity contribution in [2.75, 3.05) is 40.5 Å². The van der Waals surface area contributed by atoms with Gasteiger partial charge in [-0.2, -0.15) is 0 Å². The highest BCUT2D eigenvalue weighted by molar-refractivity contribution is 7.80. The van der Waals surface area contributed by atoms with Crippen LogP contribution in [-0.4, -0.2) is 45.6 Å². The molecule has 1 unspecified atom stereocenters. The third-order valence-electron chi connectivity index (χ3n) is 1.65. The second-order valence-electron chi connectivity index (χ2n) is 3.19. The van der Waals surface area contributed by atoms with Gasteiger partial charge in [-0.1, -0.05) is 6.92 Å². The van der Waals surface area contributed by atoms with Crippen LogP contribution in [0, 0.1) is 5.92 Å². The minimum Gasteiger partial charge on any atom is -0.384 e. The molecule has 14 heavy (non-hydrogen) atoms. The third-order valence-corrected chi connectivity index (χ3v) is 1.94. The molecule has 0 rings (SSSR count). The van der Waals surface area contributed by atoms with Gasteiger partial charge < -0.3 is 20.1 Å². The predicted molar refractivity (Wildman–Crippen MR) is 61.5 cm³/mol. The molecule has 0 saturated carbocycles. The zero-order chi connectivity index (χ0) is 10.8. The normalized spacial score (nSPS) is 12.2. The first kappa shape index (κ1) is 13.6. The van der Waals surface area contributed by atoms with Crippen LogP contribution in [0.5, 0.6) is 0 Å². The van der Waals surface area contributed by atoms with Gasteiger partial charge >= 0.3 is 0 Å². The van der Waals surface area contributed by atoms with Gasteiger partial charge in [-0.05, 0) is 18.1 Å². The van der Waals surface area contributed by atoms with Crippen molar-refractivity contribution in [2.24, 2.45) is 5.92 Å². The van der Waals surface area contributed by atoms with E-state index in [0.29, 0.717) is 17.6 Å². The van der Waals surface area contributed by atoms with E-state index >= 15 is 0 Å². The Bertz CT molecular complexity index is 156. The smallest absolute Gasteiger partial charge is 0.166 e. The molecule has 84 valence electrons. The Hall–Kier alpha value is -0.390. The maximum absolute atomic E-state index is 5.05. The van der Waals surface area contributed by atoms with Gasteiger partial charge in [0.15, 0.2) is 5.11 Å². The summed E-state index contributed by atoms with van der Waals surface area (Å²) < 4.78 is 9.90. The first-order valence-electron chi connectivity index (χ1n) is 4.70. The Kier molecular flexibility index (Phi) is 8.92.